The number of carbonyl (C=O) groups is 1. The SMILES string of the molecule is C[C@@H](NC(=O)[C@H](Sc1ccccc1)c1ccccc1)c1cccs1. The number of thioether (sulfide) groups is 1. The fraction of sp³-hybridized carbons (Fsp3) is 0.150. The Morgan fingerprint density at radius 1 is 0.958 bits per heavy atom. The van der Waals surface area contributed by atoms with Gasteiger partial charge in [-0.15, -0.1) is 23.1 Å². The molecule has 0 unspecified atom stereocenters. The van der Waals surface area contributed by atoms with Gasteiger partial charge in [0.25, 0.3) is 0 Å². The lowest BCUT2D eigenvalue weighted by Crippen LogP contribution is -2.30. The molecule has 0 aliphatic heterocycles. The molecule has 1 N–H and O–H groups in total. The van der Waals surface area contributed by atoms with E-state index in [-0.39, 0.29) is 17.2 Å². The van der Waals surface area contributed by atoms with Gasteiger partial charge in [0, 0.05) is 9.77 Å². The van der Waals surface area contributed by atoms with Crippen LogP contribution in [0, 0.1) is 0 Å². The van der Waals surface area contributed by atoms with Crippen LogP contribution < -0.4 is 5.32 Å². The highest BCUT2D eigenvalue weighted by Gasteiger charge is 2.23. The predicted octanol–water partition coefficient (Wildman–Crippen LogP) is 5.46. The maximum atomic E-state index is 12.9. The molecule has 3 aromatic rings. The largest absolute Gasteiger partial charge is 0.347 e. The van der Waals surface area contributed by atoms with Crippen LogP contribution in [0.3, 0.4) is 0 Å². The van der Waals surface area contributed by atoms with Crippen molar-refractivity contribution in [3.8, 4) is 0 Å². The number of carbonyl (C=O) groups excluding carboxylic acids is 1. The molecule has 0 radical (unpaired) electrons. The fourth-order valence-electron chi connectivity index (χ4n) is 2.43. The molecule has 0 aliphatic rings. The fourth-order valence-corrected chi connectivity index (χ4v) is 4.22. The van der Waals surface area contributed by atoms with Crippen LogP contribution in [0.25, 0.3) is 0 Å². The molecule has 2 aromatic carbocycles. The molecular weight excluding hydrogens is 334 g/mol. The van der Waals surface area contributed by atoms with Gasteiger partial charge in [0.05, 0.1) is 6.04 Å². The number of hydrogen-bond donors (Lipinski definition) is 1. The van der Waals surface area contributed by atoms with Crippen molar-refractivity contribution in [3.05, 3.63) is 88.6 Å². The first-order valence-electron chi connectivity index (χ1n) is 7.84. The minimum Gasteiger partial charge on any atom is -0.347 e. The van der Waals surface area contributed by atoms with Crippen molar-refractivity contribution < 1.29 is 4.79 Å². The molecular formula is C20H19NOS2. The minimum atomic E-state index is -0.268. The molecule has 0 saturated heterocycles. The molecule has 0 aliphatic carbocycles. The molecule has 0 fully saturated rings. The smallest absolute Gasteiger partial charge is 0.238 e. The van der Waals surface area contributed by atoms with Crippen molar-refractivity contribution in [3.63, 3.8) is 0 Å². The van der Waals surface area contributed by atoms with Crippen molar-refractivity contribution in [2.24, 2.45) is 0 Å². The number of amides is 1. The van der Waals surface area contributed by atoms with Gasteiger partial charge in [-0.3, -0.25) is 4.79 Å². The quantitative estimate of drug-likeness (QED) is 0.596. The third-order valence-electron chi connectivity index (χ3n) is 3.67. The number of rotatable bonds is 6. The highest BCUT2D eigenvalue weighted by Crippen LogP contribution is 2.36. The summed E-state index contributed by atoms with van der Waals surface area (Å²) in [6.07, 6.45) is 0. The monoisotopic (exact) mass is 353 g/mol. The average Bonchev–Trinajstić information content (AvgIpc) is 3.16. The van der Waals surface area contributed by atoms with Crippen LogP contribution in [0.15, 0.2) is 83.1 Å². The Balaban J connectivity index is 1.80. The Kier molecular flexibility index (Phi) is 5.72. The lowest BCUT2D eigenvalue weighted by Gasteiger charge is -2.20. The van der Waals surface area contributed by atoms with Crippen molar-refractivity contribution >= 4 is 29.0 Å². The number of hydrogen-bond acceptors (Lipinski definition) is 3. The van der Waals surface area contributed by atoms with Crippen LogP contribution in [0.1, 0.15) is 28.7 Å². The van der Waals surface area contributed by atoms with E-state index in [1.807, 2.05) is 79.0 Å². The van der Waals surface area contributed by atoms with Crippen molar-refractivity contribution in [1.29, 1.82) is 0 Å². The van der Waals surface area contributed by atoms with Gasteiger partial charge in [-0.1, -0.05) is 54.6 Å². The van der Waals surface area contributed by atoms with Gasteiger partial charge in [-0.05, 0) is 36.1 Å². The van der Waals surface area contributed by atoms with Gasteiger partial charge in [0.2, 0.25) is 5.91 Å². The van der Waals surface area contributed by atoms with Gasteiger partial charge < -0.3 is 5.32 Å². The standard InChI is InChI=1S/C20H19NOS2/c1-15(18-13-8-14-23-18)21-20(22)19(16-9-4-2-5-10-16)24-17-11-6-3-7-12-17/h2-15,19H,1H3,(H,21,22)/t15-,19-/m1/s1. The summed E-state index contributed by atoms with van der Waals surface area (Å²) < 4.78 is 0. The molecule has 0 saturated carbocycles. The Morgan fingerprint density at radius 2 is 1.62 bits per heavy atom. The average molecular weight is 354 g/mol. The van der Waals surface area contributed by atoms with Gasteiger partial charge in [-0.2, -0.15) is 0 Å². The summed E-state index contributed by atoms with van der Waals surface area (Å²) in [5.74, 6) is 0.0379. The zero-order valence-electron chi connectivity index (χ0n) is 13.4. The second-order valence-corrected chi connectivity index (χ2v) is 7.63. The lowest BCUT2D eigenvalue weighted by molar-refractivity contribution is -0.121. The first-order chi connectivity index (χ1) is 11.7. The normalized spacial score (nSPS) is 13.2. The Hall–Kier alpha value is -2.04. The molecule has 24 heavy (non-hydrogen) atoms. The first-order valence-corrected chi connectivity index (χ1v) is 9.60. The number of benzene rings is 2. The predicted molar refractivity (Wildman–Crippen MR) is 102 cm³/mol. The Morgan fingerprint density at radius 3 is 2.25 bits per heavy atom. The van der Waals surface area contributed by atoms with Crippen LogP contribution in [-0.2, 0) is 4.79 Å². The summed E-state index contributed by atoms with van der Waals surface area (Å²) >= 11 is 3.24. The third kappa shape index (κ3) is 4.28. The van der Waals surface area contributed by atoms with Crippen LogP contribution in [0.2, 0.25) is 0 Å². The third-order valence-corrected chi connectivity index (χ3v) is 5.99. The number of thiophene rings is 1. The van der Waals surface area contributed by atoms with E-state index in [4.69, 9.17) is 0 Å². The highest BCUT2D eigenvalue weighted by molar-refractivity contribution is 8.00. The maximum Gasteiger partial charge on any atom is 0.238 e. The van der Waals surface area contributed by atoms with E-state index in [2.05, 4.69) is 11.4 Å². The maximum absolute atomic E-state index is 12.9. The minimum absolute atomic E-state index is 0.0140. The second kappa shape index (κ2) is 8.18. The molecule has 0 bridgehead atoms. The van der Waals surface area contributed by atoms with E-state index in [0.717, 1.165) is 10.5 Å². The van der Waals surface area contributed by atoms with E-state index in [1.165, 1.54) is 4.88 Å². The van der Waals surface area contributed by atoms with Gasteiger partial charge >= 0.3 is 0 Å². The van der Waals surface area contributed by atoms with E-state index in [1.54, 1.807) is 23.1 Å². The first kappa shape index (κ1) is 16.8. The summed E-state index contributed by atoms with van der Waals surface area (Å²) in [6.45, 7) is 2.03. The molecule has 3 rings (SSSR count). The number of nitrogens with one attached hydrogen (secondary N) is 1. The van der Waals surface area contributed by atoms with Crippen molar-refractivity contribution in [2.75, 3.05) is 0 Å². The van der Waals surface area contributed by atoms with Gasteiger partial charge in [0.15, 0.2) is 0 Å². The lowest BCUT2D eigenvalue weighted by atomic mass is 10.1. The summed E-state index contributed by atoms with van der Waals surface area (Å²) in [5.41, 5.74) is 1.02. The van der Waals surface area contributed by atoms with Crippen LogP contribution in [0.5, 0.6) is 0 Å². The van der Waals surface area contributed by atoms with Crippen LogP contribution >= 0.6 is 23.1 Å². The highest BCUT2D eigenvalue weighted by atomic mass is 32.2. The molecule has 1 aromatic heterocycles. The zero-order valence-corrected chi connectivity index (χ0v) is 15.0. The van der Waals surface area contributed by atoms with Gasteiger partial charge in [-0.25, -0.2) is 0 Å². The zero-order chi connectivity index (χ0) is 16.8. The summed E-state index contributed by atoms with van der Waals surface area (Å²) in [6, 6.07) is 24.1. The second-order valence-electron chi connectivity index (χ2n) is 5.47. The molecule has 1 amide bonds. The van der Waals surface area contributed by atoms with E-state index in [0.29, 0.717) is 0 Å². The van der Waals surface area contributed by atoms with E-state index in [9.17, 15) is 4.79 Å². The molecule has 122 valence electrons. The van der Waals surface area contributed by atoms with Gasteiger partial charge in [0.1, 0.15) is 5.25 Å². The van der Waals surface area contributed by atoms with Crippen LogP contribution in [0.4, 0.5) is 0 Å². The Bertz CT molecular complexity index is 757. The molecule has 1 heterocycles. The van der Waals surface area contributed by atoms with E-state index < -0.39 is 0 Å². The summed E-state index contributed by atoms with van der Waals surface area (Å²) in [7, 11) is 0. The molecule has 4 heteroatoms. The molecule has 0 spiro atoms. The van der Waals surface area contributed by atoms with Crippen molar-refractivity contribution in [1.82, 2.24) is 5.32 Å². The molecule has 2 nitrogen and oxygen atoms in total. The Labute approximate surface area is 150 Å². The topological polar surface area (TPSA) is 29.1 Å². The van der Waals surface area contributed by atoms with Crippen LogP contribution in [-0.4, -0.2) is 5.91 Å². The summed E-state index contributed by atoms with van der Waals surface area (Å²) in [4.78, 5) is 15.2. The van der Waals surface area contributed by atoms with Crippen molar-refractivity contribution in [2.45, 2.75) is 23.1 Å². The van der Waals surface area contributed by atoms with E-state index >= 15 is 0 Å². The molecule has 2 atom stereocenters. The summed E-state index contributed by atoms with van der Waals surface area (Å²) in [5, 5.41) is 4.92.